The Hall–Kier alpha value is -1.80. The van der Waals surface area contributed by atoms with E-state index in [1.165, 1.54) is 34.3 Å². The lowest BCUT2D eigenvalue weighted by atomic mass is 9.74. The molecule has 3 heterocycles. The van der Waals surface area contributed by atoms with Gasteiger partial charge in [0.1, 0.15) is 0 Å². The van der Waals surface area contributed by atoms with E-state index < -0.39 is 0 Å². The zero-order valence-electron chi connectivity index (χ0n) is 13.2. The molecule has 0 unspecified atom stereocenters. The molecule has 2 aliphatic heterocycles. The number of rotatable bonds is 3. The molecule has 1 amide bonds. The van der Waals surface area contributed by atoms with Gasteiger partial charge in [-0.15, -0.1) is 10.2 Å². The zero-order chi connectivity index (χ0) is 16.6. The molecule has 0 aliphatic carbocycles. The van der Waals surface area contributed by atoms with Crippen LogP contribution in [0.4, 0.5) is 10.8 Å². The number of hydrogen-bond acceptors (Lipinski definition) is 7. The van der Waals surface area contributed by atoms with Crippen LogP contribution in [-0.2, 0) is 10.2 Å². The Balaban J connectivity index is 1.35. The standard InChI is InChI=1S/C16H19N5OS2/c17-14-19-20-15(24-14)23-9-13(22)21-7-5-16(6-8-21)10-18-12-4-2-1-3-11(12)16/h1-4,18H,5-10H2,(H2,17,19). The highest BCUT2D eigenvalue weighted by atomic mass is 32.2. The van der Waals surface area contributed by atoms with Crippen LogP contribution in [0.25, 0.3) is 0 Å². The third-order valence-corrected chi connectivity index (χ3v) is 6.80. The van der Waals surface area contributed by atoms with Crippen molar-refractivity contribution in [2.24, 2.45) is 0 Å². The summed E-state index contributed by atoms with van der Waals surface area (Å²) in [6, 6.07) is 8.55. The SMILES string of the molecule is Nc1nnc(SCC(=O)N2CCC3(CC2)CNc2ccccc23)s1. The molecule has 6 nitrogen and oxygen atoms in total. The summed E-state index contributed by atoms with van der Waals surface area (Å²) in [4.78, 5) is 14.4. The number of likely N-dealkylation sites (tertiary alicyclic amines) is 1. The van der Waals surface area contributed by atoms with Crippen molar-refractivity contribution in [2.45, 2.75) is 22.6 Å². The Morgan fingerprint density at radius 2 is 2.12 bits per heavy atom. The number of carbonyl (C=O) groups is 1. The predicted octanol–water partition coefficient (Wildman–Crippen LogP) is 2.20. The van der Waals surface area contributed by atoms with Crippen LogP contribution >= 0.6 is 23.1 Å². The van der Waals surface area contributed by atoms with Gasteiger partial charge in [-0.05, 0) is 24.5 Å². The quantitative estimate of drug-likeness (QED) is 0.816. The first-order chi connectivity index (χ1) is 11.7. The maximum Gasteiger partial charge on any atom is 0.233 e. The first-order valence-electron chi connectivity index (χ1n) is 7.99. The summed E-state index contributed by atoms with van der Waals surface area (Å²) in [5.74, 6) is 0.569. The maximum atomic E-state index is 12.4. The number of amides is 1. The van der Waals surface area contributed by atoms with Crippen LogP contribution in [0, 0.1) is 0 Å². The van der Waals surface area contributed by atoms with Crippen molar-refractivity contribution in [3.63, 3.8) is 0 Å². The van der Waals surface area contributed by atoms with Crippen molar-refractivity contribution in [1.29, 1.82) is 0 Å². The molecule has 1 spiro atoms. The van der Waals surface area contributed by atoms with Gasteiger partial charge in [0.15, 0.2) is 4.34 Å². The molecule has 3 N–H and O–H groups in total. The molecule has 0 saturated carbocycles. The molecule has 1 fully saturated rings. The van der Waals surface area contributed by atoms with Gasteiger partial charge in [-0.1, -0.05) is 41.3 Å². The number of aromatic nitrogens is 2. The van der Waals surface area contributed by atoms with E-state index in [9.17, 15) is 4.79 Å². The van der Waals surface area contributed by atoms with E-state index in [0.717, 1.165) is 36.8 Å². The smallest absolute Gasteiger partial charge is 0.233 e. The molecule has 0 atom stereocenters. The molecular formula is C16H19N5OS2. The number of carbonyl (C=O) groups excluding carboxylic acids is 1. The minimum absolute atomic E-state index is 0.169. The van der Waals surface area contributed by atoms with Crippen molar-refractivity contribution in [3.05, 3.63) is 29.8 Å². The van der Waals surface area contributed by atoms with Crippen molar-refractivity contribution < 1.29 is 4.79 Å². The molecule has 24 heavy (non-hydrogen) atoms. The maximum absolute atomic E-state index is 12.4. The highest BCUT2D eigenvalue weighted by Crippen LogP contribution is 2.43. The Kier molecular flexibility index (Phi) is 4.09. The fourth-order valence-electron chi connectivity index (χ4n) is 3.58. The number of nitrogens with zero attached hydrogens (tertiary/aromatic N) is 3. The lowest BCUT2D eigenvalue weighted by Crippen LogP contribution is -2.46. The Morgan fingerprint density at radius 3 is 2.88 bits per heavy atom. The molecule has 1 aromatic carbocycles. The van der Waals surface area contributed by atoms with Gasteiger partial charge in [0, 0.05) is 30.7 Å². The van der Waals surface area contributed by atoms with E-state index in [1.807, 2.05) is 4.90 Å². The van der Waals surface area contributed by atoms with Crippen LogP contribution < -0.4 is 11.1 Å². The number of fused-ring (bicyclic) bond motifs is 2. The fourth-order valence-corrected chi connectivity index (χ4v) is 5.12. The minimum Gasteiger partial charge on any atom is -0.384 e. The van der Waals surface area contributed by atoms with E-state index in [-0.39, 0.29) is 11.3 Å². The van der Waals surface area contributed by atoms with Crippen LogP contribution in [-0.4, -0.2) is 46.4 Å². The number of benzene rings is 1. The highest BCUT2D eigenvalue weighted by molar-refractivity contribution is 8.01. The van der Waals surface area contributed by atoms with Crippen molar-refractivity contribution in [2.75, 3.05) is 36.4 Å². The Bertz CT molecular complexity index is 754. The summed E-state index contributed by atoms with van der Waals surface area (Å²) in [5, 5.41) is 11.7. The third-order valence-electron chi connectivity index (χ3n) is 4.93. The molecule has 0 bridgehead atoms. The summed E-state index contributed by atoms with van der Waals surface area (Å²) in [5.41, 5.74) is 8.42. The van der Waals surface area contributed by atoms with E-state index in [4.69, 9.17) is 5.73 Å². The van der Waals surface area contributed by atoms with Crippen LogP contribution in [0.2, 0.25) is 0 Å². The molecule has 1 saturated heterocycles. The topological polar surface area (TPSA) is 84.1 Å². The second kappa shape index (κ2) is 6.25. The van der Waals surface area contributed by atoms with E-state index in [2.05, 4.69) is 39.8 Å². The summed E-state index contributed by atoms with van der Waals surface area (Å²) in [6.07, 6.45) is 2.03. The third kappa shape index (κ3) is 2.84. The molecular weight excluding hydrogens is 342 g/mol. The number of anilines is 2. The lowest BCUT2D eigenvalue weighted by Gasteiger charge is -2.39. The zero-order valence-corrected chi connectivity index (χ0v) is 14.8. The van der Waals surface area contributed by atoms with Crippen LogP contribution in [0.3, 0.4) is 0 Å². The average molecular weight is 361 g/mol. The van der Waals surface area contributed by atoms with Crippen LogP contribution in [0.5, 0.6) is 0 Å². The fraction of sp³-hybridized carbons (Fsp3) is 0.438. The number of nitrogens with one attached hydrogen (secondary N) is 1. The number of hydrogen-bond donors (Lipinski definition) is 2. The summed E-state index contributed by atoms with van der Waals surface area (Å²) < 4.78 is 0.753. The van der Waals surface area contributed by atoms with Crippen molar-refractivity contribution in [1.82, 2.24) is 15.1 Å². The first-order valence-corrected chi connectivity index (χ1v) is 9.79. The summed E-state index contributed by atoms with van der Waals surface area (Å²) in [7, 11) is 0. The summed E-state index contributed by atoms with van der Waals surface area (Å²) in [6.45, 7) is 2.61. The van der Waals surface area contributed by atoms with Crippen LogP contribution in [0.1, 0.15) is 18.4 Å². The Labute approximate surface area is 148 Å². The normalized spacial score (nSPS) is 18.4. The second-order valence-corrected chi connectivity index (χ2v) is 8.49. The number of nitrogens with two attached hydrogens (primary N) is 1. The number of nitrogen functional groups attached to an aromatic ring is 1. The van der Waals surface area contributed by atoms with Crippen LogP contribution in [0.15, 0.2) is 28.6 Å². The van der Waals surface area contributed by atoms with Gasteiger partial charge in [0.05, 0.1) is 5.75 Å². The van der Waals surface area contributed by atoms with Gasteiger partial charge in [-0.2, -0.15) is 0 Å². The van der Waals surface area contributed by atoms with Crippen molar-refractivity contribution >= 4 is 39.8 Å². The van der Waals surface area contributed by atoms with Gasteiger partial charge < -0.3 is 16.0 Å². The van der Waals surface area contributed by atoms with E-state index in [0.29, 0.717) is 10.9 Å². The lowest BCUT2D eigenvalue weighted by molar-refractivity contribution is -0.129. The second-order valence-electron chi connectivity index (χ2n) is 6.26. The number of thioether (sulfide) groups is 1. The molecule has 8 heteroatoms. The van der Waals surface area contributed by atoms with E-state index in [1.54, 1.807) is 0 Å². The number of piperidine rings is 1. The molecule has 126 valence electrons. The van der Waals surface area contributed by atoms with Gasteiger partial charge in [-0.25, -0.2) is 0 Å². The number of para-hydroxylation sites is 1. The van der Waals surface area contributed by atoms with Gasteiger partial charge >= 0.3 is 0 Å². The largest absolute Gasteiger partial charge is 0.384 e. The van der Waals surface area contributed by atoms with Crippen molar-refractivity contribution in [3.8, 4) is 0 Å². The molecule has 4 rings (SSSR count). The molecule has 2 aromatic rings. The Morgan fingerprint density at radius 1 is 1.33 bits per heavy atom. The minimum atomic E-state index is 0.169. The molecule has 1 aromatic heterocycles. The van der Waals surface area contributed by atoms with E-state index >= 15 is 0 Å². The van der Waals surface area contributed by atoms with Gasteiger partial charge in [0.2, 0.25) is 11.0 Å². The molecule has 0 radical (unpaired) electrons. The van der Waals surface area contributed by atoms with Gasteiger partial charge in [-0.3, -0.25) is 4.79 Å². The highest BCUT2D eigenvalue weighted by Gasteiger charge is 2.41. The predicted molar refractivity (Wildman–Crippen MR) is 97.5 cm³/mol. The van der Waals surface area contributed by atoms with Gasteiger partial charge in [0.25, 0.3) is 0 Å². The average Bonchev–Trinajstić information content (AvgIpc) is 3.18. The molecule has 2 aliphatic rings. The monoisotopic (exact) mass is 361 g/mol. The summed E-state index contributed by atoms with van der Waals surface area (Å²) >= 11 is 2.74. The first kappa shape index (κ1) is 15.7.